The molecular weight excluding hydrogens is 843 g/mol. The number of nitrogens with zero attached hydrogens (tertiary/aromatic N) is 4. The van der Waals surface area contributed by atoms with Gasteiger partial charge in [-0.2, -0.15) is 0 Å². The smallest absolute Gasteiger partial charge is 0.269 e. The number of piperidine rings is 2. The van der Waals surface area contributed by atoms with Gasteiger partial charge in [0.2, 0.25) is 11.8 Å². The molecule has 0 radical (unpaired) electrons. The summed E-state index contributed by atoms with van der Waals surface area (Å²) >= 11 is 0. The molecule has 9 rings (SSSR count). The molecule has 4 aromatic rings. The van der Waals surface area contributed by atoms with Gasteiger partial charge in [-0.1, -0.05) is 42.5 Å². The lowest BCUT2D eigenvalue weighted by atomic mass is 9.91. The van der Waals surface area contributed by atoms with Crippen LogP contribution < -0.4 is 19.7 Å². The number of unbranched alkanes of at least 4 members (excludes halogenated alkanes) is 2. The number of carbonyl (C=O) groups excluding carboxylic acids is 5. The molecule has 340 valence electrons. The maximum Gasteiger partial charge on any atom is 0.269 e. The van der Waals surface area contributed by atoms with Gasteiger partial charge in [0.05, 0.1) is 47.1 Å². The van der Waals surface area contributed by atoms with Crippen LogP contribution in [0.2, 0.25) is 0 Å². The van der Waals surface area contributed by atoms with Gasteiger partial charge in [0.15, 0.2) is 0 Å². The Morgan fingerprint density at radius 2 is 1.48 bits per heavy atom. The number of fused-ring (bicyclic) bond motifs is 2. The Balaban J connectivity index is 0.647. The van der Waals surface area contributed by atoms with Crippen LogP contribution in [0.1, 0.15) is 95.2 Å². The highest BCUT2D eigenvalue weighted by Gasteiger charge is 2.45. The van der Waals surface area contributed by atoms with Crippen molar-refractivity contribution in [2.24, 2.45) is 0 Å². The van der Waals surface area contributed by atoms with Crippen molar-refractivity contribution in [2.75, 3.05) is 31.1 Å². The zero-order valence-corrected chi connectivity index (χ0v) is 36.5. The number of allylic oxidation sites excluding steroid dienone is 2. The molecule has 4 aromatic carbocycles. The number of imide groups is 2. The van der Waals surface area contributed by atoms with Crippen LogP contribution >= 0.6 is 0 Å². The maximum absolute atomic E-state index is 13.7. The minimum absolute atomic E-state index is 0.0294. The number of hydrogen-bond donors (Lipinski definition) is 1. The van der Waals surface area contributed by atoms with Crippen LogP contribution in [-0.2, 0) is 25.7 Å². The fourth-order valence-electron chi connectivity index (χ4n) is 9.25. The number of anilines is 1. The average molecular weight is 894 g/mol. The summed E-state index contributed by atoms with van der Waals surface area (Å²) in [5, 5.41) is 13.2. The van der Waals surface area contributed by atoms with Crippen molar-refractivity contribution in [2.45, 2.75) is 88.7 Å². The Hall–Kier alpha value is -6.97. The molecule has 3 fully saturated rings. The first-order valence-corrected chi connectivity index (χ1v) is 22.7. The quantitative estimate of drug-likeness (QED) is 0.0371. The van der Waals surface area contributed by atoms with E-state index in [-0.39, 0.29) is 53.9 Å². The molecule has 1 aliphatic carbocycles. The standard InChI is InChI=1S/C51H51N5O10/c57-47-22-21-46(48(58)52-47)55-50(60)43-20-19-38(31-44(43)51(55)61)64-28-5-1-4-25-53-26-23-37(24-27-53)66-40-29-39(30-40)65-36-17-13-34(14-18-36)32-54-45-10-3-2-8-41(45)42(49(54)59)9-6-7-33-11-15-35(16-12-33)56(62)63/h2-3,6-20,31,37,39-40,46H,1,4-5,21-30,32H2,(H,52,57,58)/b7-6+,42-9-/t39-,40-,46?. The molecule has 1 N–H and O–H groups in total. The van der Waals surface area contributed by atoms with Gasteiger partial charge in [-0.25, -0.2) is 0 Å². The Labute approximate surface area is 382 Å². The molecule has 4 aliphatic heterocycles. The van der Waals surface area contributed by atoms with Crippen molar-refractivity contribution in [3.8, 4) is 11.5 Å². The average Bonchev–Trinajstić information content (AvgIpc) is 3.71. The summed E-state index contributed by atoms with van der Waals surface area (Å²) in [6, 6.07) is 25.7. The molecule has 2 saturated heterocycles. The molecule has 15 nitrogen and oxygen atoms in total. The normalized spacial score (nSPS) is 21.6. The predicted octanol–water partition coefficient (Wildman–Crippen LogP) is 7.28. The number of benzene rings is 4. The van der Waals surface area contributed by atoms with Gasteiger partial charge < -0.3 is 24.0 Å². The number of para-hydroxylation sites is 1. The third kappa shape index (κ3) is 9.82. The molecule has 0 bridgehead atoms. The number of hydrogen-bond acceptors (Lipinski definition) is 11. The van der Waals surface area contributed by atoms with Crippen molar-refractivity contribution in [1.29, 1.82) is 0 Å². The van der Waals surface area contributed by atoms with E-state index in [1.165, 1.54) is 12.1 Å². The van der Waals surface area contributed by atoms with Crippen LogP contribution in [0, 0.1) is 10.1 Å². The van der Waals surface area contributed by atoms with E-state index in [0.717, 1.165) is 97.6 Å². The number of nitro groups is 1. The van der Waals surface area contributed by atoms with E-state index in [1.54, 1.807) is 47.4 Å². The highest BCUT2D eigenvalue weighted by atomic mass is 16.6. The van der Waals surface area contributed by atoms with E-state index in [4.69, 9.17) is 14.2 Å². The fourth-order valence-corrected chi connectivity index (χ4v) is 9.25. The van der Waals surface area contributed by atoms with Gasteiger partial charge in [0.1, 0.15) is 23.6 Å². The first kappa shape index (κ1) is 44.2. The minimum atomic E-state index is -0.994. The number of nitro benzene ring substituents is 1. The molecule has 4 heterocycles. The second-order valence-electron chi connectivity index (χ2n) is 17.4. The summed E-state index contributed by atoms with van der Waals surface area (Å²) in [5.74, 6) is -0.904. The SMILES string of the molecule is O=C1CCC(N2C(=O)c3ccc(OCCCCCN4CCC(O[C@H]5C[C@H](Oc6ccc(CN7C(=O)/C(=C\C=C\c8ccc([N+](=O)[O-])cc8)c8ccccc87)cc6)C5)CC4)cc3C2=O)C(=O)N1. The number of likely N-dealkylation sites (tertiary alicyclic amines) is 1. The molecule has 1 atom stereocenters. The van der Waals surface area contributed by atoms with Gasteiger partial charge >= 0.3 is 0 Å². The van der Waals surface area contributed by atoms with Crippen LogP contribution in [0.5, 0.6) is 11.5 Å². The lowest BCUT2D eigenvalue weighted by Gasteiger charge is -2.40. The molecule has 15 heteroatoms. The van der Waals surface area contributed by atoms with Crippen LogP contribution in [0.25, 0.3) is 11.6 Å². The summed E-state index contributed by atoms with van der Waals surface area (Å²) < 4.78 is 18.7. The number of non-ortho nitro benzene ring substituents is 1. The zero-order chi connectivity index (χ0) is 45.7. The molecule has 0 spiro atoms. The summed E-state index contributed by atoms with van der Waals surface area (Å²) in [6.45, 7) is 3.92. The molecule has 5 aliphatic rings. The summed E-state index contributed by atoms with van der Waals surface area (Å²) in [5.41, 5.74) is 4.56. The third-order valence-corrected chi connectivity index (χ3v) is 13.0. The van der Waals surface area contributed by atoms with Gasteiger partial charge in [-0.05, 0) is 111 Å². The minimum Gasteiger partial charge on any atom is -0.494 e. The van der Waals surface area contributed by atoms with E-state index < -0.39 is 34.6 Å². The van der Waals surface area contributed by atoms with E-state index in [1.807, 2.05) is 54.6 Å². The number of rotatable bonds is 17. The van der Waals surface area contributed by atoms with Gasteiger partial charge in [-0.3, -0.25) is 44.3 Å². The largest absolute Gasteiger partial charge is 0.494 e. The molecule has 66 heavy (non-hydrogen) atoms. The lowest BCUT2D eigenvalue weighted by Crippen LogP contribution is -2.54. The van der Waals surface area contributed by atoms with E-state index in [0.29, 0.717) is 24.5 Å². The summed E-state index contributed by atoms with van der Waals surface area (Å²) in [6.07, 6.45) is 12.8. The Kier molecular flexibility index (Phi) is 13.2. The van der Waals surface area contributed by atoms with Crippen molar-refractivity contribution < 1.29 is 43.1 Å². The highest BCUT2D eigenvalue weighted by Crippen LogP contribution is 2.38. The lowest BCUT2D eigenvalue weighted by molar-refractivity contribution is -0.384. The number of ether oxygens (including phenoxy) is 3. The summed E-state index contributed by atoms with van der Waals surface area (Å²) in [4.78, 5) is 79.4. The Morgan fingerprint density at radius 3 is 2.24 bits per heavy atom. The second kappa shape index (κ2) is 19.6. The van der Waals surface area contributed by atoms with Crippen LogP contribution in [-0.4, -0.2) is 94.9 Å². The molecule has 0 aromatic heterocycles. The van der Waals surface area contributed by atoms with Crippen molar-refractivity contribution >= 4 is 52.6 Å². The second-order valence-corrected chi connectivity index (χ2v) is 17.4. The van der Waals surface area contributed by atoms with Crippen LogP contribution in [0.15, 0.2) is 103 Å². The third-order valence-electron chi connectivity index (χ3n) is 13.0. The molecule has 5 amide bonds. The van der Waals surface area contributed by atoms with Gasteiger partial charge in [0.25, 0.3) is 23.4 Å². The Bertz CT molecular complexity index is 2580. The van der Waals surface area contributed by atoms with Gasteiger partial charge in [0, 0.05) is 55.6 Å². The van der Waals surface area contributed by atoms with Gasteiger partial charge in [-0.15, -0.1) is 0 Å². The maximum atomic E-state index is 13.7. The van der Waals surface area contributed by atoms with Crippen LogP contribution in [0.3, 0.4) is 0 Å². The summed E-state index contributed by atoms with van der Waals surface area (Å²) in [7, 11) is 0. The monoisotopic (exact) mass is 893 g/mol. The number of amides is 5. The first-order valence-electron chi connectivity index (χ1n) is 22.7. The molecule has 1 unspecified atom stereocenters. The first-order chi connectivity index (χ1) is 32.1. The molecule has 1 saturated carbocycles. The van der Waals surface area contributed by atoms with E-state index in [2.05, 4.69) is 10.2 Å². The number of carbonyl (C=O) groups is 5. The highest BCUT2D eigenvalue weighted by molar-refractivity contribution is 6.32. The molecular formula is C51H51N5O10. The Morgan fingerprint density at radius 1 is 0.742 bits per heavy atom. The van der Waals surface area contributed by atoms with Crippen molar-refractivity contribution in [1.82, 2.24) is 15.1 Å². The number of nitrogens with one attached hydrogen (secondary N) is 1. The topological polar surface area (TPSA) is 178 Å². The van der Waals surface area contributed by atoms with E-state index in [9.17, 15) is 34.1 Å². The van der Waals surface area contributed by atoms with E-state index >= 15 is 0 Å². The fraction of sp³-hybridized carbons (Fsp3) is 0.353. The predicted molar refractivity (Wildman–Crippen MR) is 245 cm³/mol. The van der Waals surface area contributed by atoms with Crippen molar-refractivity contribution in [3.05, 3.63) is 141 Å². The zero-order valence-electron chi connectivity index (χ0n) is 36.5. The van der Waals surface area contributed by atoms with Crippen LogP contribution in [0.4, 0.5) is 11.4 Å². The van der Waals surface area contributed by atoms with Crippen molar-refractivity contribution in [3.63, 3.8) is 0 Å².